The summed E-state index contributed by atoms with van der Waals surface area (Å²) >= 11 is 0. The first kappa shape index (κ1) is 26.0. The largest absolute Gasteiger partial charge is 0.493 e. The molecular weight excluding hydrogens is 537 g/mol. The zero-order valence-electron chi connectivity index (χ0n) is 20.8. The number of halogens is 5. The number of fused-ring (bicyclic) bond motifs is 1. The molecule has 2 aromatic carbocycles. The number of H-pyrrole nitrogens is 1. The maximum atomic E-state index is 14.2. The molecule has 0 saturated carbocycles. The Labute approximate surface area is 224 Å². The van der Waals surface area contributed by atoms with Gasteiger partial charge < -0.3 is 19.0 Å². The molecule has 1 saturated heterocycles. The zero-order valence-corrected chi connectivity index (χ0v) is 20.8. The molecule has 2 aliphatic rings. The van der Waals surface area contributed by atoms with Crippen LogP contribution in [0.3, 0.4) is 0 Å². The van der Waals surface area contributed by atoms with Crippen molar-refractivity contribution in [3.8, 4) is 28.4 Å². The quantitative estimate of drug-likeness (QED) is 0.288. The molecule has 4 aromatic rings. The van der Waals surface area contributed by atoms with Gasteiger partial charge in [0, 0.05) is 24.2 Å². The van der Waals surface area contributed by atoms with E-state index in [0.29, 0.717) is 24.6 Å². The second-order valence-electron chi connectivity index (χ2n) is 9.54. The molecule has 208 valence electrons. The Morgan fingerprint density at radius 3 is 2.77 bits per heavy atom. The van der Waals surface area contributed by atoms with Gasteiger partial charge in [-0.25, -0.2) is 13.8 Å². The fourth-order valence-corrected chi connectivity index (χ4v) is 4.61. The van der Waals surface area contributed by atoms with Crippen molar-refractivity contribution in [3.63, 3.8) is 0 Å². The van der Waals surface area contributed by atoms with Gasteiger partial charge in [0.2, 0.25) is 0 Å². The third-order valence-corrected chi connectivity index (χ3v) is 6.68. The smallest absolute Gasteiger partial charge is 0.417 e. The van der Waals surface area contributed by atoms with E-state index in [4.69, 9.17) is 14.0 Å². The lowest BCUT2D eigenvalue weighted by molar-refractivity contribution is -0.137. The monoisotopic (exact) mass is 559 g/mol. The van der Waals surface area contributed by atoms with E-state index in [2.05, 4.69) is 20.2 Å². The summed E-state index contributed by atoms with van der Waals surface area (Å²) in [6.45, 7) is 1.71. The summed E-state index contributed by atoms with van der Waals surface area (Å²) in [5.41, 5.74) is 0.0413. The third-order valence-electron chi connectivity index (χ3n) is 6.68. The molecular formula is C27H22F5N5O3. The Hall–Kier alpha value is -4.26. The number of imidazole rings is 1. The molecule has 40 heavy (non-hydrogen) atoms. The second-order valence-corrected chi connectivity index (χ2v) is 9.54. The molecule has 13 heteroatoms. The number of aromatic amines is 1. The molecule has 1 fully saturated rings. The summed E-state index contributed by atoms with van der Waals surface area (Å²) in [6.07, 6.45) is -2.36. The van der Waals surface area contributed by atoms with Crippen LogP contribution in [0.1, 0.15) is 29.1 Å². The lowest BCUT2D eigenvalue weighted by Crippen LogP contribution is -2.21. The molecule has 1 unspecified atom stereocenters. The molecule has 0 aliphatic carbocycles. The predicted octanol–water partition coefficient (Wildman–Crippen LogP) is 5.79. The van der Waals surface area contributed by atoms with Gasteiger partial charge >= 0.3 is 6.18 Å². The maximum Gasteiger partial charge on any atom is 0.417 e. The number of nitrogens with one attached hydrogen (secondary N) is 1. The minimum absolute atomic E-state index is 0.0151. The van der Waals surface area contributed by atoms with Crippen LogP contribution in [0.15, 0.2) is 52.1 Å². The fourth-order valence-electron chi connectivity index (χ4n) is 4.61. The minimum atomic E-state index is -4.64. The van der Waals surface area contributed by atoms with Crippen LogP contribution in [0.25, 0.3) is 22.6 Å². The van der Waals surface area contributed by atoms with Gasteiger partial charge in [-0.05, 0) is 36.8 Å². The van der Waals surface area contributed by atoms with Gasteiger partial charge in [0.15, 0.2) is 17.4 Å². The molecule has 2 aliphatic heterocycles. The molecule has 1 N–H and O–H groups in total. The number of nitrogens with zero attached hydrogens (tertiary/aromatic N) is 4. The van der Waals surface area contributed by atoms with Crippen molar-refractivity contribution in [3.05, 3.63) is 76.8 Å². The Morgan fingerprint density at radius 2 is 1.98 bits per heavy atom. The van der Waals surface area contributed by atoms with Crippen LogP contribution in [-0.2, 0) is 24.0 Å². The van der Waals surface area contributed by atoms with Crippen LogP contribution in [0.5, 0.6) is 5.75 Å². The van der Waals surface area contributed by atoms with Crippen molar-refractivity contribution in [1.29, 1.82) is 0 Å². The van der Waals surface area contributed by atoms with Gasteiger partial charge in [-0.15, -0.1) is 0 Å². The first-order chi connectivity index (χ1) is 19.2. The standard InChI is InChI=1S/C27H22F5N5O3/c28-21-3-1-2-19(25(21)29)26-34-23-10-33-37(12-24(23)35-26)11-17-9-22(36-40-17)18-5-4-16(8-20(18)27(30,31)32)39-14-15-6-7-38-13-15/h1-5,8-10,15H,6-7,11-14H2,(H,34,35). The average Bonchev–Trinajstić information content (AvgIpc) is 3.70. The van der Waals surface area contributed by atoms with Gasteiger partial charge in [0.25, 0.3) is 0 Å². The van der Waals surface area contributed by atoms with Crippen molar-refractivity contribution in [2.45, 2.75) is 25.7 Å². The molecule has 0 amide bonds. The van der Waals surface area contributed by atoms with E-state index in [9.17, 15) is 22.0 Å². The van der Waals surface area contributed by atoms with Gasteiger partial charge in [0.1, 0.15) is 17.3 Å². The van der Waals surface area contributed by atoms with Crippen LogP contribution in [0, 0.1) is 17.6 Å². The van der Waals surface area contributed by atoms with E-state index in [0.717, 1.165) is 18.6 Å². The number of hydrogen-bond donors (Lipinski definition) is 1. The van der Waals surface area contributed by atoms with E-state index >= 15 is 0 Å². The molecule has 8 nitrogen and oxygen atoms in total. The van der Waals surface area contributed by atoms with Gasteiger partial charge in [-0.1, -0.05) is 11.2 Å². The summed E-state index contributed by atoms with van der Waals surface area (Å²) in [5, 5.41) is 9.72. The summed E-state index contributed by atoms with van der Waals surface area (Å²) in [5.74, 6) is -1.31. The molecule has 0 radical (unpaired) electrons. The average molecular weight is 559 g/mol. The number of hydrogen-bond acceptors (Lipinski definition) is 7. The summed E-state index contributed by atoms with van der Waals surface area (Å²) in [6, 6.07) is 8.98. The Bertz CT molecular complexity index is 1560. The molecule has 6 rings (SSSR count). The maximum absolute atomic E-state index is 14.2. The normalized spacial score (nSPS) is 16.9. The first-order valence-electron chi connectivity index (χ1n) is 12.4. The molecule has 0 bridgehead atoms. The first-order valence-corrected chi connectivity index (χ1v) is 12.4. The fraction of sp³-hybridized carbons (Fsp3) is 0.296. The minimum Gasteiger partial charge on any atom is -0.493 e. The topological polar surface area (TPSA) is 88.8 Å². The molecule has 4 heterocycles. The SMILES string of the molecule is Fc1cccc(-c2nc3c([nH]2)C=NN(Cc2cc(-c4ccc(OCC5CCOC5)cc4C(F)(F)F)no2)C3)c1F. The molecule has 0 spiro atoms. The highest BCUT2D eigenvalue weighted by molar-refractivity contribution is 5.80. The van der Waals surface area contributed by atoms with E-state index in [1.54, 1.807) is 5.01 Å². The van der Waals surface area contributed by atoms with Crippen molar-refractivity contribution in [2.24, 2.45) is 11.0 Å². The van der Waals surface area contributed by atoms with Crippen LogP contribution >= 0.6 is 0 Å². The van der Waals surface area contributed by atoms with E-state index < -0.39 is 23.4 Å². The Balaban J connectivity index is 1.17. The number of hydrazone groups is 1. The zero-order chi connectivity index (χ0) is 27.9. The van der Waals surface area contributed by atoms with E-state index in [1.165, 1.54) is 36.5 Å². The van der Waals surface area contributed by atoms with Crippen LogP contribution in [0.2, 0.25) is 0 Å². The van der Waals surface area contributed by atoms with Gasteiger partial charge in [-0.2, -0.15) is 18.3 Å². The van der Waals surface area contributed by atoms with Crippen molar-refractivity contribution in [1.82, 2.24) is 20.1 Å². The number of ether oxygens (including phenoxy) is 2. The Morgan fingerprint density at radius 1 is 1.10 bits per heavy atom. The number of alkyl halides is 3. The van der Waals surface area contributed by atoms with Gasteiger partial charge in [0.05, 0.1) is 55.0 Å². The van der Waals surface area contributed by atoms with E-state index in [-0.39, 0.29) is 59.8 Å². The van der Waals surface area contributed by atoms with Crippen LogP contribution < -0.4 is 4.74 Å². The second kappa shape index (κ2) is 10.4. The summed E-state index contributed by atoms with van der Waals surface area (Å²) in [4.78, 5) is 7.29. The summed E-state index contributed by atoms with van der Waals surface area (Å²) < 4.78 is 85.8. The Kier molecular flexibility index (Phi) is 6.74. The summed E-state index contributed by atoms with van der Waals surface area (Å²) in [7, 11) is 0. The third kappa shape index (κ3) is 5.28. The molecule has 2 aromatic heterocycles. The van der Waals surface area contributed by atoms with Crippen molar-refractivity contribution >= 4 is 6.21 Å². The lowest BCUT2D eigenvalue weighted by Gasteiger charge is -2.19. The van der Waals surface area contributed by atoms with Crippen molar-refractivity contribution < 1.29 is 35.9 Å². The highest BCUT2D eigenvalue weighted by Crippen LogP contribution is 2.39. The number of aromatic nitrogens is 3. The number of rotatable bonds is 7. The highest BCUT2D eigenvalue weighted by Gasteiger charge is 2.35. The number of benzene rings is 2. The van der Waals surface area contributed by atoms with E-state index in [1.807, 2.05) is 0 Å². The predicted molar refractivity (Wildman–Crippen MR) is 132 cm³/mol. The van der Waals surface area contributed by atoms with Gasteiger partial charge in [-0.3, -0.25) is 5.01 Å². The van der Waals surface area contributed by atoms with Crippen LogP contribution in [0.4, 0.5) is 22.0 Å². The highest BCUT2D eigenvalue weighted by atomic mass is 19.4. The molecule has 1 atom stereocenters. The van der Waals surface area contributed by atoms with Crippen LogP contribution in [-0.4, -0.2) is 46.2 Å². The van der Waals surface area contributed by atoms with Crippen molar-refractivity contribution in [2.75, 3.05) is 19.8 Å². The lowest BCUT2D eigenvalue weighted by atomic mass is 10.0.